The predicted octanol–water partition coefficient (Wildman–Crippen LogP) is 5.35. The van der Waals surface area contributed by atoms with Crippen molar-refractivity contribution in [2.45, 2.75) is 32.2 Å². The number of halogens is 1. The molecule has 4 nitrogen and oxygen atoms in total. The SMILES string of the molecule is C[C@H](COc1ccc(NC(=O)C(C)(C)N)cc1)c1ccc(-c2ccccc2)c(F)c1. The van der Waals surface area contributed by atoms with Gasteiger partial charge in [0, 0.05) is 17.2 Å². The van der Waals surface area contributed by atoms with Crippen LogP contribution in [0.2, 0.25) is 0 Å². The largest absolute Gasteiger partial charge is 0.493 e. The summed E-state index contributed by atoms with van der Waals surface area (Å²) in [7, 11) is 0. The molecule has 0 aromatic heterocycles. The maximum Gasteiger partial charge on any atom is 0.243 e. The molecule has 1 atom stereocenters. The van der Waals surface area contributed by atoms with Gasteiger partial charge in [-0.3, -0.25) is 4.79 Å². The van der Waals surface area contributed by atoms with Gasteiger partial charge in [0.1, 0.15) is 11.6 Å². The van der Waals surface area contributed by atoms with Gasteiger partial charge in [0.2, 0.25) is 5.91 Å². The maximum absolute atomic E-state index is 14.6. The summed E-state index contributed by atoms with van der Waals surface area (Å²) in [6, 6.07) is 21.9. The Hall–Kier alpha value is -3.18. The van der Waals surface area contributed by atoms with Gasteiger partial charge in [-0.25, -0.2) is 4.39 Å². The van der Waals surface area contributed by atoms with Gasteiger partial charge in [-0.1, -0.05) is 49.4 Å². The van der Waals surface area contributed by atoms with Crippen molar-refractivity contribution in [1.82, 2.24) is 0 Å². The van der Waals surface area contributed by atoms with Crippen LogP contribution in [0.4, 0.5) is 10.1 Å². The van der Waals surface area contributed by atoms with Crippen LogP contribution in [0.25, 0.3) is 11.1 Å². The minimum Gasteiger partial charge on any atom is -0.493 e. The summed E-state index contributed by atoms with van der Waals surface area (Å²) in [5, 5.41) is 2.76. The molecule has 3 aromatic rings. The molecule has 0 aliphatic heterocycles. The second-order valence-corrected chi connectivity index (χ2v) is 8.02. The van der Waals surface area contributed by atoms with Crippen molar-refractivity contribution < 1.29 is 13.9 Å². The smallest absolute Gasteiger partial charge is 0.243 e. The number of nitrogens with one attached hydrogen (secondary N) is 1. The Morgan fingerprint density at radius 2 is 1.73 bits per heavy atom. The minimum absolute atomic E-state index is 0.0155. The molecule has 0 bridgehead atoms. The van der Waals surface area contributed by atoms with Crippen molar-refractivity contribution in [3.63, 3.8) is 0 Å². The standard InChI is InChI=1S/C25H27FN2O2/c1-17(19-9-14-22(23(26)15-19)18-7-5-4-6-8-18)16-30-21-12-10-20(11-13-21)28-24(29)25(2,3)27/h4-15,17H,16,27H2,1-3H3,(H,28,29)/t17-/m1/s1. The fourth-order valence-electron chi connectivity index (χ4n) is 2.93. The van der Waals surface area contributed by atoms with Gasteiger partial charge < -0.3 is 15.8 Å². The Bertz CT molecular complexity index is 996. The first-order valence-electron chi connectivity index (χ1n) is 9.92. The van der Waals surface area contributed by atoms with E-state index >= 15 is 0 Å². The van der Waals surface area contributed by atoms with Crippen molar-refractivity contribution in [2.24, 2.45) is 5.73 Å². The van der Waals surface area contributed by atoms with Gasteiger partial charge in [0.05, 0.1) is 12.1 Å². The quantitative estimate of drug-likeness (QED) is 0.556. The van der Waals surface area contributed by atoms with Crippen LogP contribution in [0.3, 0.4) is 0 Å². The second kappa shape index (κ2) is 9.09. The second-order valence-electron chi connectivity index (χ2n) is 8.02. The molecule has 3 rings (SSSR count). The molecule has 5 heteroatoms. The Morgan fingerprint density at radius 1 is 1.07 bits per heavy atom. The summed E-state index contributed by atoms with van der Waals surface area (Å²) in [5.41, 5.74) is 7.81. The van der Waals surface area contributed by atoms with Crippen LogP contribution in [-0.4, -0.2) is 18.1 Å². The molecule has 156 valence electrons. The third kappa shape index (κ3) is 5.45. The molecule has 1 amide bonds. The third-order valence-electron chi connectivity index (χ3n) is 4.84. The van der Waals surface area contributed by atoms with E-state index in [9.17, 15) is 9.18 Å². The van der Waals surface area contributed by atoms with Crippen molar-refractivity contribution in [3.8, 4) is 16.9 Å². The van der Waals surface area contributed by atoms with Gasteiger partial charge >= 0.3 is 0 Å². The molecule has 30 heavy (non-hydrogen) atoms. The lowest BCUT2D eigenvalue weighted by molar-refractivity contribution is -0.120. The first-order valence-corrected chi connectivity index (χ1v) is 9.92. The molecule has 0 saturated carbocycles. The summed E-state index contributed by atoms with van der Waals surface area (Å²) in [6.07, 6.45) is 0. The zero-order valence-electron chi connectivity index (χ0n) is 17.5. The minimum atomic E-state index is -0.948. The number of rotatable bonds is 7. The molecule has 0 radical (unpaired) electrons. The fraction of sp³-hybridized carbons (Fsp3) is 0.240. The van der Waals surface area contributed by atoms with Gasteiger partial charge in [0.25, 0.3) is 0 Å². The topological polar surface area (TPSA) is 64.3 Å². The number of carbonyl (C=O) groups is 1. The third-order valence-corrected chi connectivity index (χ3v) is 4.84. The van der Waals surface area contributed by atoms with Gasteiger partial charge in [-0.15, -0.1) is 0 Å². The molecule has 0 heterocycles. The lowest BCUT2D eigenvalue weighted by atomic mass is 9.97. The molecule has 0 aliphatic rings. The molecule has 3 N–H and O–H groups in total. The van der Waals surface area contributed by atoms with E-state index in [1.54, 1.807) is 44.2 Å². The first kappa shape index (κ1) is 21.5. The Morgan fingerprint density at radius 3 is 2.33 bits per heavy atom. The number of benzene rings is 3. The molecule has 0 aliphatic carbocycles. The summed E-state index contributed by atoms with van der Waals surface area (Å²) in [4.78, 5) is 11.9. The number of hydrogen-bond acceptors (Lipinski definition) is 3. The molecule has 0 unspecified atom stereocenters. The number of amides is 1. The van der Waals surface area contributed by atoms with Gasteiger partial charge in [-0.2, -0.15) is 0 Å². The number of carbonyl (C=O) groups excluding carboxylic acids is 1. The van der Waals surface area contributed by atoms with E-state index < -0.39 is 5.54 Å². The average Bonchev–Trinajstić information content (AvgIpc) is 2.73. The maximum atomic E-state index is 14.6. The lowest BCUT2D eigenvalue weighted by Gasteiger charge is -2.18. The summed E-state index contributed by atoms with van der Waals surface area (Å²) >= 11 is 0. The normalized spacial score (nSPS) is 12.3. The number of nitrogens with two attached hydrogens (primary N) is 1. The fourth-order valence-corrected chi connectivity index (χ4v) is 2.93. The van der Waals surface area contributed by atoms with Crippen molar-refractivity contribution >= 4 is 11.6 Å². The number of ether oxygens (including phenoxy) is 1. The van der Waals surface area contributed by atoms with Crippen molar-refractivity contribution in [1.29, 1.82) is 0 Å². The highest BCUT2D eigenvalue weighted by atomic mass is 19.1. The lowest BCUT2D eigenvalue weighted by Crippen LogP contribution is -2.45. The van der Waals surface area contributed by atoms with Crippen molar-refractivity contribution in [2.75, 3.05) is 11.9 Å². The monoisotopic (exact) mass is 406 g/mol. The highest BCUT2D eigenvalue weighted by molar-refractivity contribution is 5.97. The Kier molecular flexibility index (Phi) is 6.53. The van der Waals surface area contributed by atoms with E-state index in [2.05, 4.69) is 5.32 Å². The van der Waals surface area contributed by atoms with Crippen LogP contribution in [0.1, 0.15) is 32.3 Å². The summed E-state index contributed by atoms with van der Waals surface area (Å²) < 4.78 is 20.5. The highest BCUT2D eigenvalue weighted by Gasteiger charge is 2.21. The van der Waals surface area contributed by atoms with E-state index in [1.165, 1.54) is 0 Å². The molecule has 3 aromatic carbocycles. The summed E-state index contributed by atoms with van der Waals surface area (Å²) in [6.45, 7) is 5.70. The van der Waals surface area contributed by atoms with Crippen LogP contribution in [0.5, 0.6) is 5.75 Å². The molecule has 0 spiro atoms. The van der Waals surface area contributed by atoms with E-state index in [-0.39, 0.29) is 17.6 Å². The van der Waals surface area contributed by atoms with Crippen LogP contribution in [0.15, 0.2) is 72.8 Å². The summed E-state index contributed by atoms with van der Waals surface area (Å²) in [5.74, 6) is 0.189. The van der Waals surface area contributed by atoms with E-state index in [4.69, 9.17) is 10.5 Å². The van der Waals surface area contributed by atoms with Gasteiger partial charge in [0.15, 0.2) is 0 Å². The van der Waals surface area contributed by atoms with Crippen LogP contribution in [0, 0.1) is 5.82 Å². The predicted molar refractivity (Wildman–Crippen MR) is 119 cm³/mol. The number of anilines is 1. The van der Waals surface area contributed by atoms with E-state index in [1.807, 2.05) is 49.4 Å². The average molecular weight is 407 g/mol. The van der Waals surface area contributed by atoms with Gasteiger partial charge in [-0.05, 0) is 55.3 Å². The zero-order chi connectivity index (χ0) is 21.7. The highest BCUT2D eigenvalue weighted by Crippen LogP contribution is 2.27. The van der Waals surface area contributed by atoms with Crippen LogP contribution >= 0.6 is 0 Å². The Balaban J connectivity index is 1.60. The zero-order valence-corrected chi connectivity index (χ0v) is 17.5. The molecular weight excluding hydrogens is 379 g/mol. The van der Waals surface area contributed by atoms with Crippen LogP contribution < -0.4 is 15.8 Å². The molecular formula is C25H27FN2O2. The molecule has 0 saturated heterocycles. The van der Waals surface area contributed by atoms with E-state index in [0.29, 0.717) is 23.6 Å². The Labute approximate surface area is 176 Å². The molecule has 0 fully saturated rings. The van der Waals surface area contributed by atoms with Crippen LogP contribution in [-0.2, 0) is 4.79 Å². The van der Waals surface area contributed by atoms with Crippen molar-refractivity contribution in [3.05, 3.63) is 84.2 Å². The van der Waals surface area contributed by atoms with E-state index in [0.717, 1.165) is 11.1 Å². The number of hydrogen-bond donors (Lipinski definition) is 2. The first-order chi connectivity index (χ1) is 14.2.